The number of halogens is 1. The first kappa shape index (κ1) is 14.4. The smallest absolute Gasteiger partial charge is 0.262 e. The minimum Gasteiger partial charge on any atom is -0.484 e. The van der Waals surface area contributed by atoms with Crippen LogP contribution in [0.15, 0.2) is 48.5 Å². The predicted octanol–water partition coefficient (Wildman–Crippen LogP) is 2.82. The molecular weight excluding hydrogens is 276 g/mol. The Morgan fingerprint density at radius 3 is 2.60 bits per heavy atom. The number of anilines is 1. The molecule has 2 aromatic carbocycles. The zero-order valence-corrected chi connectivity index (χ0v) is 11.6. The number of carbonyl (C=O) groups excluding carboxylic acids is 1. The van der Waals surface area contributed by atoms with Gasteiger partial charge >= 0.3 is 0 Å². The summed E-state index contributed by atoms with van der Waals surface area (Å²) in [6.45, 7) is 0.421. The summed E-state index contributed by atoms with van der Waals surface area (Å²) in [4.78, 5) is 11.7. The number of amides is 1. The second kappa shape index (κ2) is 6.93. The van der Waals surface area contributed by atoms with E-state index in [1.165, 1.54) is 0 Å². The van der Waals surface area contributed by atoms with Crippen molar-refractivity contribution in [3.8, 4) is 5.75 Å². The van der Waals surface area contributed by atoms with E-state index in [1.54, 1.807) is 36.4 Å². The molecule has 0 aromatic heterocycles. The quantitative estimate of drug-likeness (QED) is 0.890. The van der Waals surface area contributed by atoms with E-state index in [0.717, 1.165) is 5.56 Å². The third kappa shape index (κ3) is 4.26. The van der Waals surface area contributed by atoms with Gasteiger partial charge in [0.2, 0.25) is 0 Å². The van der Waals surface area contributed by atoms with E-state index in [9.17, 15) is 4.79 Å². The van der Waals surface area contributed by atoms with Crippen molar-refractivity contribution in [1.82, 2.24) is 0 Å². The van der Waals surface area contributed by atoms with Crippen molar-refractivity contribution >= 4 is 23.2 Å². The number of benzene rings is 2. The molecule has 0 unspecified atom stereocenters. The standard InChI is InChI=1S/C15H15ClN2O2/c16-12-2-1-3-13(8-12)18-15(19)10-20-14-6-4-11(9-17)5-7-14/h1-8H,9-10,17H2,(H,18,19). The fourth-order valence-corrected chi connectivity index (χ4v) is 1.82. The molecule has 2 aromatic rings. The molecule has 0 heterocycles. The lowest BCUT2D eigenvalue weighted by molar-refractivity contribution is -0.118. The fraction of sp³-hybridized carbons (Fsp3) is 0.133. The average molecular weight is 291 g/mol. The minimum atomic E-state index is -0.241. The Kier molecular flexibility index (Phi) is 4.98. The van der Waals surface area contributed by atoms with Crippen molar-refractivity contribution in [2.75, 3.05) is 11.9 Å². The summed E-state index contributed by atoms with van der Waals surface area (Å²) in [6, 6.07) is 14.3. The van der Waals surface area contributed by atoms with Crippen molar-refractivity contribution in [2.24, 2.45) is 5.73 Å². The van der Waals surface area contributed by atoms with Crippen LogP contribution in [0.25, 0.3) is 0 Å². The van der Waals surface area contributed by atoms with Gasteiger partial charge in [0.25, 0.3) is 5.91 Å². The molecule has 104 valence electrons. The highest BCUT2D eigenvalue weighted by Gasteiger charge is 2.04. The van der Waals surface area contributed by atoms with Crippen LogP contribution in [0.4, 0.5) is 5.69 Å². The van der Waals surface area contributed by atoms with Gasteiger partial charge < -0.3 is 15.8 Å². The lowest BCUT2D eigenvalue weighted by Crippen LogP contribution is -2.20. The maximum absolute atomic E-state index is 11.7. The monoisotopic (exact) mass is 290 g/mol. The molecule has 3 N–H and O–H groups in total. The Morgan fingerprint density at radius 2 is 1.95 bits per heavy atom. The number of nitrogens with two attached hydrogens (primary N) is 1. The van der Waals surface area contributed by atoms with Gasteiger partial charge in [-0.05, 0) is 35.9 Å². The molecule has 1 amide bonds. The number of rotatable bonds is 5. The third-order valence-electron chi connectivity index (χ3n) is 2.64. The first-order valence-electron chi connectivity index (χ1n) is 6.14. The van der Waals surface area contributed by atoms with Crippen molar-refractivity contribution in [2.45, 2.75) is 6.54 Å². The first-order chi connectivity index (χ1) is 9.67. The summed E-state index contributed by atoms with van der Waals surface area (Å²) in [7, 11) is 0. The molecule has 0 radical (unpaired) electrons. The average Bonchev–Trinajstić information content (AvgIpc) is 2.46. The second-order valence-electron chi connectivity index (χ2n) is 4.20. The van der Waals surface area contributed by atoms with Crippen LogP contribution in [0.1, 0.15) is 5.56 Å². The van der Waals surface area contributed by atoms with Gasteiger partial charge in [0.15, 0.2) is 6.61 Å². The van der Waals surface area contributed by atoms with Crippen LogP contribution in [0, 0.1) is 0 Å². The largest absolute Gasteiger partial charge is 0.484 e. The minimum absolute atomic E-state index is 0.0610. The number of carbonyl (C=O) groups is 1. The number of hydrogen-bond donors (Lipinski definition) is 2. The van der Waals surface area contributed by atoms with Crippen molar-refractivity contribution in [1.29, 1.82) is 0 Å². The molecule has 0 fully saturated rings. The molecule has 4 nitrogen and oxygen atoms in total. The molecule has 0 saturated heterocycles. The van der Waals surface area contributed by atoms with Crippen LogP contribution in [0.3, 0.4) is 0 Å². The van der Waals surface area contributed by atoms with Gasteiger partial charge in [-0.3, -0.25) is 4.79 Å². The lowest BCUT2D eigenvalue weighted by atomic mass is 10.2. The molecule has 20 heavy (non-hydrogen) atoms. The van der Waals surface area contributed by atoms with E-state index < -0.39 is 0 Å². The van der Waals surface area contributed by atoms with Crippen LogP contribution in [0.5, 0.6) is 5.75 Å². The number of hydrogen-bond acceptors (Lipinski definition) is 3. The van der Waals surface area contributed by atoms with Gasteiger partial charge in [-0.2, -0.15) is 0 Å². The zero-order valence-electron chi connectivity index (χ0n) is 10.8. The summed E-state index contributed by atoms with van der Waals surface area (Å²) in [5.74, 6) is 0.388. The predicted molar refractivity (Wildman–Crippen MR) is 79.9 cm³/mol. The van der Waals surface area contributed by atoms with E-state index >= 15 is 0 Å². The van der Waals surface area contributed by atoms with E-state index in [1.807, 2.05) is 12.1 Å². The molecule has 0 aliphatic heterocycles. The maximum atomic E-state index is 11.7. The Labute approximate surface area is 122 Å². The second-order valence-corrected chi connectivity index (χ2v) is 4.63. The van der Waals surface area contributed by atoms with Gasteiger partial charge in [0, 0.05) is 17.3 Å². The first-order valence-corrected chi connectivity index (χ1v) is 6.52. The van der Waals surface area contributed by atoms with Crippen LogP contribution in [-0.2, 0) is 11.3 Å². The maximum Gasteiger partial charge on any atom is 0.262 e. The zero-order chi connectivity index (χ0) is 14.4. The Bertz CT molecular complexity index is 585. The van der Waals surface area contributed by atoms with Gasteiger partial charge in [0.05, 0.1) is 0 Å². The van der Waals surface area contributed by atoms with Gasteiger partial charge in [-0.15, -0.1) is 0 Å². The van der Waals surface area contributed by atoms with Crippen molar-refractivity contribution in [3.05, 3.63) is 59.1 Å². The Morgan fingerprint density at radius 1 is 1.20 bits per heavy atom. The highest BCUT2D eigenvalue weighted by molar-refractivity contribution is 6.30. The summed E-state index contributed by atoms with van der Waals surface area (Å²) >= 11 is 5.84. The summed E-state index contributed by atoms with van der Waals surface area (Å²) in [5.41, 5.74) is 7.16. The SMILES string of the molecule is NCc1ccc(OCC(=O)Nc2cccc(Cl)c2)cc1. The van der Waals surface area contributed by atoms with E-state index in [-0.39, 0.29) is 12.5 Å². The van der Waals surface area contributed by atoms with Crippen LogP contribution in [0.2, 0.25) is 5.02 Å². The molecule has 0 saturated carbocycles. The van der Waals surface area contributed by atoms with Gasteiger partial charge in [-0.1, -0.05) is 29.8 Å². The highest BCUT2D eigenvalue weighted by atomic mass is 35.5. The van der Waals surface area contributed by atoms with Crippen LogP contribution < -0.4 is 15.8 Å². The normalized spacial score (nSPS) is 10.1. The molecular formula is C15H15ClN2O2. The summed E-state index contributed by atoms with van der Waals surface area (Å²) in [6.07, 6.45) is 0. The van der Waals surface area contributed by atoms with Crippen molar-refractivity contribution < 1.29 is 9.53 Å². The molecule has 0 aliphatic rings. The molecule has 0 spiro atoms. The van der Waals surface area contributed by atoms with Gasteiger partial charge in [0.1, 0.15) is 5.75 Å². The number of nitrogens with one attached hydrogen (secondary N) is 1. The summed E-state index contributed by atoms with van der Waals surface area (Å²) in [5, 5.41) is 3.28. The fourth-order valence-electron chi connectivity index (χ4n) is 1.63. The highest BCUT2D eigenvalue weighted by Crippen LogP contribution is 2.15. The molecule has 0 atom stereocenters. The molecule has 0 bridgehead atoms. The molecule has 2 rings (SSSR count). The van der Waals surface area contributed by atoms with Crippen molar-refractivity contribution in [3.63, 3.8) is 0 Å². The van der Waals surface area contributed by atoms with E-state index in [4.69, 9.17) is 22.1 Å². The van der Waals surface area contributed by atoms with E-state index in [0.29, 0.717) is 23.0 Å². The van der Waals surface area contributed by atoms with Gasteiger partial charge in [-0.25, -0.2) is 0 Å². The third-order valence-corrected chi connectivity index (χ3v) is 2.87. The lowest BCUT2D eigenvalue weighted by Gasteiger charge is -2.08. The Balaban J connectivity index is 1.85. The molecule has 0 aliphatic carbocycles. The van der Waals surface area contributed by atoms with Crippen LogP contribution in [-0.4, -0.2) is 12.5 Å². The summed E-state index contributed by atoms with van der Waals surface area (Å²) < 4.78 is 5.38. The van der Waals surface area contributed by atoms with E-state index in [2.05, 4.69) is 5.32 Å². The Hall–Kier alpha value is -2.04. The molecule has 5 heteroatoms. The topological polar surface area (TPSA) is 64.3 Å². The number of ether oxygens (including phenoxy) is 1. The van der Waals surface area contributed by atoms with Crippen LogP contribution >= 0.6 is 11.6 Å².